The van der Waals surface area contributed by atoms with E-state index in [4.69, 9.17) is 9.47 Å². The Morgan fingerprint density at radius 2 is 1.46 bits per heavy atom. The van der Waals surface area contributed by atoms with Crippen molar-refractivity contribution in [2.75, 3.05) is 0 Å². The van der Waals surface area contributed by atoms with Crippen LogP contribution in [0.4, 0.5) is 9.59 Å². The quantitative estimate of drug-likeness (QED) is 0.336. The van der Waals surface area contributed by atoms with Gasteiger partial charge in [-0.3, -0.25) is 13.9 Å². The van der Waals surface area contributed by atoms with E-state index in [2.05, 4.69) is 27.9 Å². The zero-order valence-electron chi connectivity index (χ0n) is 22.0. The molecule has 196 valence electrons. The molecule has 3 fully saturated rings. The number of hydrogen-bond donors (Lipinski definition) is 1. The molecule has 3 saturated carbocycles. The molecule has 2 aromatic heterocycles. The average molecular weight is 617 g/mol. The lowest BCUT2D eigenvalue weighted by atomic mass is 9.50. The van der Waals surface area contributed by atoms with Crippen LogP contribution in [-0.2, 0) is 9.47 Å². The first-order valence-corrected chi connectivity index (χ1v) is 13.5. The van der Waals surface area contributed by atoms with E-state index in [0.717, 1.165) is 22.8 Å². The van der Waals surface area contributed by atoms with Crippen molar-refractivity contribution in [3.63, 3.8) is 0 Å². The van der Waals surface area contributed by atoms with Crippen molar-refractivity contribution in [1.82, 2.24) is 14.5 Å². The second kappa shape index (κ2) is 8.61. The van der Waals surface area contributed by atoms with Crippen molar-refractivity contribution in [3.8, 4) is 11.3 Å². The second-order valence-electron chi connectivity index (χ2n) is 12.2. The Labute approximate surface area is 229 Å². The van der Waals surface area contributed by atoms with E-state index in [1.807, 2.05) is 47.6 Å². The number of carbonyl (C=O) groups is 3. The van der Waals surface area contributed by atoms with Gasteiger partial charge in [-0.15, -0.1) is 0 Å². The standard InChI is InChI=1S/C28H32IN3O5/c1-26(2,3)36-24(34)31-11-9-17-20(31)8-7-18(21(17)23(33)30-28-13-16(14-28)15-28)22-19(29)10-12-32(22)25(35)37-27(4,5)6/h7-12,16H,13-15H2,1-6H3,(H,30,33). The van der Waals surface area contributed by atoms with Gasteiger partial charge in [0.05, 0.1) is 16.8 Å². The van der Waals surface area contributed by atoms with Crippen molar-refractivity contribution in [3.05, 3.63) is 45.8 Å². The molecule has 8 nitrogen and oxygen atoms in total. The third-order valence-electron chi connectivity index (χ3n) is 6.79. The third-order valence-corrected chi connectivity index (χ3v) is 7.66. The molecule has 3 aliphatic rings. The van der Waals surface area contributed by atoms with Gasteiger partial charge in [0.25, 0.3) is 5.91 Å². The van der Waals surface area contributed by atoms with Crippen LogP contribution in [0.25, 0.3) is 22.2 Å². The number of hydrogen-bond acceptors (Lipinski definition) is 5. The molecular formula is C28H32IN3O5. The Bertz CT molecular complexity index is 1420. The average Bonchev–Trinajstić information content (AvgIpc) is 3.29. The van der Waals surface area contributed by atoms with E-state index in [9.17, 15) is 14.4 Å². The first-order chi connectivity index (χ1) is 17.2. The van der Waals surface area contributed by atoms with Crippen molar-refractivity contribution in [2.45, 2.75) is 77.5 Å². The fourth-order valence-electron chi connectivity index (χ4n) is 5.19. The lowest BCUT2D eigenvalue weighted by Crippen LogP contribution is -2.68. The van der Waals surface area contributed by atoms with Crippen LogP contribution in [0.5, 0.6) is 0 Å². The summed E-state index contributed by atoms with van der Waals surface area (Å²) in [5.74, 6) is 0.489. The molecule has 1 N–H and O–H groups in total. The highest BCUT2D eigenvalue weighted by molar-refractivity contribution is 14.1. The molecule has 9 heteroatoms. The van der Waals surface area contributed by atoms with Crippen LogP contribution in [0.3, 0.4) is 0 Å². The lowest BCUT2D eigenvalue weighted by Gasteiger charge is -2.61. The van der Waals surface area contributed by atoms with Crippen molar-refractivity contribution < 1.29 is 23.9 Å². The van der Waals surface area contributed by atoms with Gasteiger partial charge in [-0.25, -0.2) is 9.59 Å². The van der Waals surface area contributed by atoms with E-state index in [0.29, 0.717) is 33.6 Å². The maximum atomic E-state index is 13.9. The maximum Gasteiger partial charge on any atom is 0.419 e. The number of amides is 1. The Kier molecular flexibility index (Phi) is 6.01. The summed E-state index contributed by atoms with van der Waals surface area (Å²) in [7, 11) is 0. The van der Waals surface area contributed by atoms with E-state index in [1.54, 1.807) is 30.6 Å². The smallest absolute Gasteiger partial charge is 0.419 e. The number of nitrogens with one attached hydrogen (secondary N) is 1. The first-order valence-electron chi connectivity index (χ1n) is 12.5. The topological polar surface area (TPSA) is 91.6 Å². The van der Waals surface area contributed by atoms with Crippen LogP contribution in [0, 0.1) is 9.49 Å². The van der Waals surface area contributed by atoms with Gasteiger partial charge in [0.15, 0.2) is 0 Å². The van der Waals surface area contributed by atoms with Crippen LogP contribution in [0.1, 0.15) is 71.2 Å². The monoisotopic (exact) mass is 617 g/mol. The van der Waals surface area contributed by atoms with E-state index >= 15 is 0 Å². The molecule has 0 saturated heterocycles. The fraction of sp³-hybridized carbons (Fsp3) is 0.464. The van der Waals surface area contributed by atoms with Gasteiger partial charge < -0.3 is 14.8 Å². The van der Waals surface area contributed by atoms with Gasteiger partial charge >= 0.3 is 12.2 Å². The summed E-state index contributed by atoms with van der Waals surface area (Å²) in [6, 6.07) is 7.15. The number of aromatic nitrogens is 2. The summed E-state index contributed by atoms with van der Waals surface area (Å²) in [6.45, 7) is 10.9. The number of rotatable bonds is 3. The van der Waals surface area contributed by atoms with Crippen LogP contribution in [0.2, 0.25) is 0 Å². The minimum Gasteiger partial charge on any atom is -0.443 e. The van der Waals surface area contributed by atoms with Gasteiger partial charge in [0.1, 0.15) is 11.2 Å². The molecule has 0 radical (unpaired) electrons. The molecule has 3 aromatic rings. The minimum atomic E-state index is -0.678. The number of nitrogens with zero attached hydrogens (tertiary/aromatic N) is 2. The summed E-state index contributed by atoms with van der Waals surface area (Å²) in [5, 5.41) is 3.87. The first kappa shape index (κ1) is 25.8. The summed E-state index contributed by atoms with van der Waals surface area (Å²) >= 11 is 2.16. The zero-order valence-corrected chi connectivity index (χ0v) is 24.1. The molecule has 0 atom stereocenters. The SMILES string of the molecule is CC(C)(C)OC(=O)n1ccc(I)c1-c1ccc2c(ccn2C(=O)OC(C)(C)C)c1C(=O)NC12CC(C1)C2. The highest BCUT2D eigenvalue weighted by atomic mass is 127. The highest BCUT2D eigenvalue weighted by Crippen LogP contribution is 2.57. The number of ether oxygens (including phenoxy) is 2. The van der Waals surface area contributed by atoms with Gasteiger partial charge in [0.2, 0.25) is 0 Å². The lowest BCUT2D eigenvalue weighted by molar-refractivity contribution is -0.0438. The normalized spacial score (nSPS) is 20.7. The Hall–Kier alpha value is -2.82. The molecule has 0 spiro atoms. The van der Waals surface area contributed by atoms with E-state index in [1.165, 1.54) is 9.13 Å². The summed E-state index contributed by atoms with van der Waals surface area (Å²) in [5.41, 5.74) is 0.668. The van der Waals surface area contributed by atoms with Crippen LogP contribution < -0.4 is 5.32 Å². The number of carbonyl (C=O) groups excluding carboxylic acids is 3. The Morgan fingerprint density at radius 3 is 2.00 bits per heavy atom. The van der Waals surface area contributed by atoms with Crippen LogP contribution in [-0.4, -0.2) is 44.0 Å². The molecule has 37 heavy (non-hydrogen) atoms. The molecule has 0 unspecified atom stereocenters. The highest BCUT2D eigenvalue weighted by Gasteiger charge is 2.57. The Balaban J connectivity index is 1.65. The Morgan fingerprint density at radius 1 is 0.892 bits per heavy atom. The number of benzene rings is 1. The van der Waals surface area contributed by atoms with Gasteiger partial charge in [-0.05, 0) is 114 Å². The fourth-order valence-corrected chi connectivity index (χ4v) is 5.91. The largest absolute Gasteiger partial charge is 0.443 e. The molecular weight excluding hydrogens is 585 g/mol. The summed E-state index contributed by atoms with van der Waals surface area (Å²) in [6.07, 6.45) is 5.22. The van der Waals surface area contributed by atoms with Crippen molar-refractivity contribution in [1.29, 1.82) is 0 Å². The molecule has 1 amide bonds. The summed E-state index contributed by atoms with van der Waals surface area (Å²) in [4.78, 5) is 39.9. The van der Waals surface area contributed by atoms with Gasteiger partial charge in [-0.1, -0.05) is 0 Å². The van der Waals surface area contributed by atoms with Crippen molar-refractivity contribution >= 4 is 51.6 Å². The maximum absolute atomic E-state index is 13.9. The molecule has 6 rings (SSSR count). The van der Waals surface area contributed by atoms with Crippen LogP contribution >= 0.6 is 22.6 Å². The van der Waals surface area contributed by atoms with Crippen molar-refractivity contribution in [2.24, 2.45) is 5.92 Å². The van der Waals surface area contributed by atoms with E-state index < -0.39 is 23.4 Å². The molecule has 2 bridgehead atoms. The zero-order chi connectivity index (χ0) is 26.9. The molecule has 0 aliphatic heterocycles. The third kappa shape index (κ3) is 4.78. The van der Waals surface area contributed by atoms with Crippen LogP contribution in [0.15, 0.2) is 36.7 Å². The van der Waals surface area contributed by atoms with Gasteiger partial charge in [-0.2, -0.15) is 0 Å². The van der Waals surface area contributed by atoms with Gasteiger partial charge in [0, 0.05) is 32.5 Å². The second-order valence-corrected chi connectivity index (χ2v) is 13.3. The summed E-state index contributed by atoms with van der Waals surface area (Å²) < 4.78 is 14.9. The number of fused-ring (bicyclic) bond motifs is 1. The molecule has 3 aliphatic carbocycles. The predicted octanol–water partition coefficient (Wildman–Crippen LogP) is 6.56. The van der Waals surface area contributed by atoms with E-state index in [-0.39, 0.29) is 11.4 Å². The molecule has 1 aromatic carbocycles. The minimum absolute atomic E-state index is 0.144. The predicted molar refractivity (Wildman–Crippen MR) is 149 cm³/mol. The molecule has 2 heterocycles. The number of halogens is 1.